The molecule has 3 unspecified atom stereocenters. The van der Waals surface area contributed by atoms with E-state index in [1.165, 1.54) is 0 Å². The zero-order chi connectivity index (χ0) is 8.77. The van der Waals surface area contributed by atoms with Gasteiger partial charge in [-0.3, -0.25) is 4.84 Å². The predicted octanol–water partition coefficient (Wildman–Crippen LogP) is -0.210. The molecule has 0 bridgehead atoms. The number of hydrogen-bond acceptors (Lipinski definition) is 3. The molecular formula is C8H13NO3. The Bertz CT molecular complexity index is 218. The summed E-state index contributed by atoms with van der Waals surface area (Å²) in [5, 5.41) is 11.0. The molecule has 1 aliphatic heterocycles. The highest BCUT2D eigenvalue weighted by atomic mass is 16.9. The van der Waals surface area contributed by atoms with E-state index in [1.807, 2.05) is 6.92 Å². The molecule has 0 aromatic rings. The molecule has 12 heavy (non-hydrogen) atoms. The first-order chi connectivity index (χ1) is 5.64. The van der Waals surface area contributed by atoms with Crippen LogP contribution in [0.4, 0.5) is 0 Å². The molecule has 2 rings (SSSR count). The average molecular weight is 171 g/mol. The van der Waals surface area contributed by atoms with E-state index in [-0.39, 0.29) is 17.1 Å². The zero-order valence-corrected chi connectivity index (χ0v) is 7.13. The first kappa shape index (κ1) is 8.01. The van der Waals surface area contributed by atoms with Crippen molar-refractivity contribution >= 4 is 5.97 Å². The topological polar surface area (TPSA) is 53.8 Å². The summed E-state index contributed by atoms with van der Waals surface area (Å²) in [6.45, 7) is 1.85. The number of hydroxylamine groups is 2. The number of hydrogen-bond donors (Lipinski definition) is 1. The summed E-state index contributed by atoms with van der Waals surface area (Å²) >= 11 is 0. The van der Waals surface area contributed by atoms with Gasteiger partial charge in [0.2, 0.25) is 0 Å². The van der Waals surface area contributed by atoms with Gasteiger partial charge in [-0.2, -0.15) is 5.23 Å². The van der Waals surface area contributed by atoms with Gasteiger partial charge in [-0.1, -0.05) is 6.42 Å². The molecule has 3 atom stereocenters. The van der Waals surface area contributed by atoms with Gasteiger partial charge in [0.25, 0.3) is 0 Å². The van der Waals surface area contributed by atoms with E-state index < -0.39 is 5.54 Å². The Morgan fingerprint density at radius 2 is 2.42 bits per heavy atom. The van der Waals surface area contributed by atoms with Crippen molar-refractivity contribution in [1.82, 2.24) is 0 Å². The lowest BCUT2D eigenvalue weighted by molar-refractivity contribution is -1.06. The van der Waals surface area contributed by atoms with Crippen molar-refractivity contribution in [1.29, 1.82) is 0 Å². The highest BCUT2D eigenvalue weighted by molar-refractivity contribution is 5.74. The number of carbonyl (C=O) groups excluding carboxylic acids is 1. The molecule has 0 radical (unpaired) electrons. The van der Waals surface area contributed by atoms with E-state index in [9.17, 15) is 10.0 Å². The molecule has 1 saturated heterocycles. The number of carbonyl (C=O) groups is 1. The fourth-order valence-corrected chi connectivity index (χ4v) is 2.23. The lowest BCUT2D eigenvalue weighted by Gasteiger charge is -2.35. The van der Waals surface area contributed by atoms with E-state index >= 15 is 0 Å². The molecule has 68 valence electrons. The summed E-state index contributed by atoms with van der Waals surface area (Å²) in [5.41, 5.74) is -0.491. The van der Waals surface area contributed by atoms with E-state index in [0.717, 1.165) is 25.7 Å². The van der Waals surface area contributed by atoms with E-state index in [0.29, 0.717) is 0 Å². The van der Waals surface area contributed by atoms with Gasteiger partial charge >= 0.3 is 5.97 Å². The molecule has 4 heteroatoms. The minimum atomic E-state index is -0.491. The van der Waals surface area contributed by atoms with Crippen LogP contribution in [0.15, 0.2) is 0 Å². The standard InChI is InChI=1S/C8H13NO3/c1-8-5-3-2-4-6(8)7(10)12-9(8)11/h6,9H,2-5H2,1H3. The van der Waals surface area contributed by atoms with Gasteiger partial charge in [-0.05, 0) is 19.8 Å². The summed E-state index contributed by atoms with van der Waals surface area (Å²) < 4.78 is 0. The normalized spacial score (nSPS) is 47.0. The predicted molar refractivity (Wildman–Crippen MR) is 40.8 cm³/mol. The summed E-state index contributed by atoms with van der Waals surface area (Å²) in [7, 11) is 0. The van der Waals surface area contributed by atoms with Crippen molar-refractivity contribution in [3.8, 4) is 0 Å². The molecule has 2 fully saturated rings. The smallest absolute Gasteiger partial charge is 0.376 e. The van der Waals surface area contributed by atoms with Crippen molar-refractivity contribution in [3.05, 3.63) is 5.21 Å². The third-order valence-electron chi connectivity index (χ3n) is 3.15. The van der Waals surface area contributed by atoms with Gasteiger partial charge in [0, 0.05) is 6.42 Å². The summed E-state index contributed by atoms with van der Waals surface area (Å²) in [6, 6.07) is 0. The Labute approximate surface area is 71.0 Å². The third-order valence-corrected chi connectivity index (χ3v) is 3.15. The summed E-state index contributed by atoms with van der Waals surface area (Å²) in [4.78, 5) is 15.8. The molecule has 4 nitrogen and oxygen atoms in total. The highest BCUT2D eigenvalue weighted by Gasteiger charge is 2.55. The Morgan fingerprint density at radius 3 is 3.08 bits per heavy atom. The van der Waals surface area contributed by atoms with Crippen LogP contribution in [0, 0.1) is 11.1 Å². The third kappa shape index (κ3) is 0.881. The van der Waals surface area contributed by atoms with Crippen LogP contribution in [0.5, 0.6) is 0 Å². The Balaban J connectivity index is 2.27. The van der Waals surface area contributed by atoms with Crippen LogP contribution in [0.25, 0.3) is 0 Å². The second-order valence-electron chi connectivity index (χ2n) is 3.92. The van der Waals surface area contributed by atoms with Crippen molar-refractivity contribution < 1.29 is 14.9 Å². The zero-order valence-electron chi connectivity index (χ0n) is 7.13. The van der Waals surface area contributed by atoms with Crippen LogP contribution < -0.4 is 5.23 Å². The number of quaternary nitrogens is 1. The van der Waals surface area contributed by atoms with Crippen LogP contribution >= 0.6 is 0 Å². The maximum absolute atomic E-state index is 11.3. The minimum Gasteiger partial charge on any atom is -0.590 e. The van der Waals surface area contributed by atoms with Gasteiger partial charge in [0.15, 0.2) is 0 Å². The fourth-order valence-electron chi connectivity index (χ4n) is 2.23. The van der Waals surface area contributed by atoms with Gasteiger partial charge in [0.05, 0.1) is 0 Å². The van der Waals surface area contributed by atoms with Crippen LogP contribution in [0.3, 0.4) is 0 Å². The molecule has 1 aliphatic carbocycles. The minimum absolute atomic E-state index is 0.154. The first-order valence-corrected chi connectivity index (χ1v) is 4.41. The molecule has 1 heterocycles. The van der Waals surface area contributed by atoms with E-state index in [4.69, 9.17) is 0 Å². The van der Waals surface area contributed by atoms with E-state index in [2.05, 4.69) is 4.84 Å². The second-order valence-corrected chi connectivity index (χ2v) is 3.92. The van der Waals surface area contributed by atoms with Crippen LogP contribution in [0.2, 0.25) is 0 Å². The summed E-state index contributed by atoms with van der Waals surface area (Å²) in [6.07, 6.45) is 3.71. The van der Waals surface area contributed by atoms with Gasteiger partial charge in [-0.25, -0.2) is 4.79 Å². The second kappa shape index (κ2) is 2.44. The maximum atomic E-state index is 11.3. The molecule has 1 saturated carbocycles. The Kier molecular flexibility index (Phi) is 1.63. The van der Waals surface area contributed by atoms with Crippen molar-refractivity contribution in [3.63, 3.8) is 0 Å². The molecule has 0 amide bonds. The quantitative estimate of drug-likeness (QED) is 0.513. The van der Waals surface area contributed by atoms with Crippen LogP contribution in [-0.4, -0.2) is 11.5 Å². The number of nitrogens with one attached hydrogen (secondary N) is 1. The SMILES string of the molecule is CC12CCCCC1C(=O)O[NH+]2[O-]. The largest absolute Gasteiger partial charge is 0.590 e. The lowest BCUT2D eigenvalue weighted by Crippen LogP contribution is -3.13. The van der Waals surface area contributed by atoms with Gasteiger partial charge < -0.3 is 5.21 Å². The number of rotatable bonds is 0. The van der Waals surface area contributed by atoms with Crippen molar-refractivity contribution in [2.45, 2.75) is 38.1 Å². The molecule has 0 aromatic heterocycles. The fraction of sp³-hybridized carbons (Fsp3) is 0.875. The Hall–Kier alpha value is -0.610. The maximum Gasteiger partial charge on any atom is 0.376 e. The first-order valence-electron chi connectivity index (χ1n) is 4.41. The Morgan fingerprint density at radius 1 is 1.67 bits per heavy atom. The molecule has 0 spiro atoms. The highest BCUT2D eigenvalue weighted by Crippen LogP contribution is 2.34. The molecule has 2 aliphatic rings. The summed E-state index contributed by atoms with van der Waals surface area (Å²) in [5.74, 6) is -0.457. The van der Waals surface area contributed by atoms with Crippen LogP contribution in [0.1, 0.15) is 32.6 Å². The van der Waals surface area contributed by atoms with E-state index in [1.54, 1.807) is 0 Å². The lowest BCUT2D eigenvalue weighted by atomic mass is 9.75. The van der Waals surface area contributed by atoms with Gasteiger partial charge in [0.1, 0.15) is 11.5 Å². The van der Waals surface area contributed by atoms with Crippen molar-refractivity contribution in [2.24, 2.45) is 5.92 Å². The van der Waals surface area contributed by atoms with Crippen molar-refractivity contribution in [2.75, 3.05) is 0 Å². The molecular weight excluding hydrogens is 158 g/mol. The van der Waals surface area contributed by atoms with Crippen LogP contribution in [-0.2, 0) is 9.63 Å². The molecule has 1 N–H and O–H groups in total. The number of fused-ring (bicyclic) bond motifs is 1. The molecule has 0 aromatic carbocycles. The van der Waals surface area contributed by atoms with Gasteiger partial charge in [-0.15, -0.1) is 0 Å². The average Bonchev–Trinajstić information content (AvgIpc) is 2.25. The monoisotopic (exact) mass is 171 g/mol.